The summed E-state index contributed by atoms with van der Waals surface area (Å²) in [6.45, 7) is 0. The summed E-state index contributed by atoms with van der Waals surface area (Å²) < 4.78 is 1.36. The number of amides is 1. The van der Waals surface area contributed by atoms with Crippen LogP contribution in [0, 0.1) is 0 Å². The van der Waals surface area contributed by atoms with E-state index < -0.39 is 63.2 Å². The predicted molar refractivity (Wildman–Crippen MR) is 117 cm³/mol. The highest BCUT2D eigenvalue weighted by Crippen LogP contribution is 2.43. The zero-order chi connectivity index (χ0) is 25.8. The number of anilines is 3. The molecule has 0 saturated carbocycles. The largest absolute Gasteiger partial charge is 0.503 e. The Morgan fingerprint density at radius 2 is 1.71 bits per heavy atom. The maximum atomic E-state index is 12.5. The number of aromatic amines is 1. The molecule has 0 unspecified atom stereocenters. The number of nitrogens with zero attached hydrogens (tertiary/aromatic N) is 4. The van der Waals surface area contributed by atoms with Crippen LogP contribution in [0.5, 0.6) is 34.6 Å². The average Bonchev–Trinajstić information content (AvgIpc) is 3.26. The summed E-state index contributed by atoms with van der Waals surface area (Å²) in [5.74, 6) is -9.19. The highest BCUT2D eigenvalue weighted by Gasteiger charge is 2.27. The van der Waals surface area contributed by atoms with Crippen molar-refractivity contribution in [2.45, 2.75) is 0 Å². The zero-order valence-corrected chi connectivity index (χ0v) is 17.4. The van der Waals surface area contributed by atoms with Crippen molar-refractivity contribution in [3.63, 3.8) is 0 Å². The Morgan fingerprint density at radius 1 is 1.03 bits per heavy atom. The summed E-state index contributed by atoms with van der Waals surface area (Å²) in [7, 11) is 1.52. The lowest BCUT2D eigenvalue weighted by Gasteiger charge is -2.17. The molecule has 0 bridgehead atoms. The number of carbonyl (C=O) groups is 1. The Labute approximate surface area is 191 Å². The number of aromatic nitrogens is 5. The van der Waals surface area contributed by atoms with Gasteiger partial charge in [-0.3, -0.25) is 14.4 Å². The highest BCUT2D eigenvalue weighted by molar-refractivity contribution is 5.99. The van der Waals surface area contributed by atoms with Crippen molar-refractivity contribution in [2.24, 2.45) is 5.73 Å². The third-order valence-electron chi connectivity index (χ3n) is 4.89. The molecule has 0 aromatic carbocycles. The second-order valence-electron chi connectivity index (χ2n) is 6.94. The molecule has 0 saturated heterocycles. The Bertz CT molecular complexity index is 1650. The van der Waals surface area contributed by atoms with Crippen molar-refractivity contribution < 1.29 is 35.4 Å². The molecule has 0 fully saturated rings. The lowest BCUT2D eigenvalue weighted by atomic mass is 10.3. The lowest BCUT2D eigenvalue weighted by molar-refractivity contribution is 0.100. The standard InChI is InChI=1S/C18H16N8O9/c1-20-6-2-5(23-14-4(13(19)32)3-21-26(6)14)22-7-8(27)12(31)18(35)25(17(7)34)15-10(29)9(28)11(30)16(33)24-15/h2-3,20,27,29-31,34H,1H3,(H2,19,32)(H,22,23)(H2,24,28,33). The number of hydrogen-bond acceptors (Lipinski definition) is 13. The first-order chi connectivity index (χ1) is 16.5. The number of carbonyl (C=O) groups excluding carboxylic acids is 1. The van der Waals surface area contributed by atoms with Gasteiger partial charge in [0.05, 0.1) is 6.20 Å². The summed E-state index contributed by atoms with van der Waals surface area (Å²) >= 11 is 0. The van der Waals surface area contributed by atoms with Crippen LogP contribution in [0.3, 0.4) is 0 Å². The second kappa shape index (κ2) is 7.76. The van der Waals surface area contributed by atoms with Crippen LogP contribution in [0.4, 0.5) is 17.3 Å². The first-order valence-corrected chi connectivity index (χ1v) is 9.38. The van der Waals surface area contributed by atoms with E-state index in [9.17, 15) is 45.0 Å². The van der Waals surface area contributed by atoms with E-state index in [0.29, 0.717) is 0 Å². The van der Waals surface area contributed by atoms with Gasteiger partial charge in [-0.1, -0.05) is 0 Å². The summed E-state index contributed by atoms with van der Waals surface area (Å²) in [4.78, 5) is 42.0. The number of fused-ring (bicyclic) bond motifs is 1. The molecular formula is C18H16N8O9. The van der Waals surface area contributed by atoms with Gasteiger partial charge in [-0.15, -0.1) is 0 Å². The van der Waals surface area contributed by atoms with E-state index in [2.05, 4.69) is 20.7 Å². The smallest absolute Gasteiger partial charge is 0.305 e. The molecule has 4 aromatic heterocycles. The minimum absolute atomic E-state index is 0.0335. The van der Waals surface area contributed by atoms with Crippen LogP contribution in [0.2, 0.25) is 0 Å². The summed E-state index contributed by atoms with van der Waals surface area (Å²) in [6, 6.07) is 1.31. The van der Waals surface area contributed by atoms with Gasteiger partial charge in [0.2, 0.25) is 28.9 Å². The Hall–Kier alpha value is -5.61. The highest BCUT2D eigenvalue weighted by atomic mass is 16.3. The average molecular weight is 488 g/mol. The summed E-state index contributed by atoms with van der Waals surface area (Å²) in [5.41, 5.74) is 1.60. The van der Waals surface area contributed by atoms with Crippen LogP contribution in [0.1, 0.15) is 10.4 Å². The van der Waals surface area contributed by atoms with Crippen LogP contribution < -0.4 is 27.5 Å². The third kappa shape index (κ3) is 3.30. The molecule has 4 aromatic rings. The van der Waals surface area contributed by atoms with Crippen molar-refractivity contribution in [1.29, 1.82) is 0 Å². The van der Waals surface area contributed by atoms with Gasteiger partial charge in [0, 0.05) is 13.1 Å². The fourth-order valence-electron chi connectivity index (χ4n) is 3.19. The van der Waals surface area contributed by atoms with E-state index in [0.717, 1.165) is 6.20 Å². The van der Waals surface area contributed by atoms with Gasteiger partial charge in [0.15, 0.2) is 17.2 Å². The van der Waals surface area contributed by atoms with Crippen LogP contribution in [0.15, 0.2) is 21.9 Å². The number of hydrogen-bond donors (Lipinski definition) is 10. The number of nitrogens with one attached hydrogen (secondary N) is 3. The Morgan fingerprint density at radius 3 is 2.34 bits per heavy atom. The number of pyridine rings is 2. The predicted octanol–water partition coefficient (Wildman–Crippen LogP) is -1.31. The van der Waals surface area contributed by atoms with Gasteiger partial charge in [0.1, 0.15) is 22.9 Å². The molecule has 35 heavy (non-hydrogen) atoms. The molecule has 11 N–H and O–H groups in total. The molecule has 0 aliphatic rings. The van der Waals surface area contributed by atoms with Gasteiger partial charge in [-0.05, 0) is 0 Å². The molecule has 4 heterocycles. The molecule has 17 heteroatoms. The molecule has 1 amide bonds. The Balaban J connectivity index is 1.97. The molecule has 0 aliphatic carbocycles. The fraction of sp³-hybridized carbons (Fsp3) is 0.0556. The van der Waals surface area contributed by atoms with Gasteiger partial charge >= 0.3 is 5.56 Å². The Kier molecular flexibility index (Phi) is 5.01. The van der Waals surface area contributed by atoms with Crippen LogP contribution in [-0.4, -0.2) is 67.7 Å². The van der Waals surface area contributed by atoms with E-state index in [-0.39, 0.29) is 27.4 Å². The number of rotatable bonds is 5. The molecular weight excluding hydrogens is 472 g/mol. The van der Waals surface area contributed by atoms with Crippen molar-refractivity contribution in [2.75, 3.05) is 17.7 Å². The monoisotopic (exact) mass is 488 g/mol. The number of primary amides is 1. The molecule has 4 rings (SSSR count). The quantitative estimate of drug-likeness (QED) is 0.156. The first-order valence-electron chi connectivity index (χ1n) is 9.38. The molecule has 0 spiro atoms. The van der Waals surface area contributed by atoms with E-state index >= 15 is 0 Å². The van der Waals surface area contributed by atoms with E-state index in [4.69, 9.17) is 5.73 Å². The summed E-state index contributed by atoms with van der Waals surface area (Å²) in [5, 5.41) is 69.7. The molecule has 0 radical (unpaired) electrons. The molecule has 17 nitrogen and oxygen atoms in total. The van der Waals surface area contributed by atoms with Gasteiger partial charge in [0.25, 0.3) is 11.5 Å². The lowest BCUT2D eigenvalue weighted by Crippen LogP contribution is -2.22. The third-order valence-corrected chi connectivity index (χ3v) is 4.89. The second-order valence-corrected chi connectivity index (χ2v) is 6.94. The van der Waals surface area contributed by atoms with E-state index in [1.165, 1.54) is 17.6 Å². The normalized spacial score (nSPS) is 11.0. The maximum absolute atomic E-state index is 12.5. The zero-order valence-electron chi connectivity index (χ0n) is 17.4. The van der Waals surface area contributed by atoms with Crippen molar-refractivity contribution >= 4 is 28.9 Å². The molecule has 0 atom stereocenters. The topological polar surface area (TPSA) is 274 Å². The maximum Gasteiger partial charge on any atom is 0.305 e. The van der Waals surface area contributed by atoms with Gasteiger partial charge < -0.3 is 52.0 Å². The number of H-pyrrole nitrogens is 1. The van der Waals surface area contributed by atoms with Gasteiger partial charge in [-0.25, -0.2) is 9.55 Å². The fourth-order valence-corrected chi connectivity index (χ4v) is 3.19. The van der Waals surface area contributed by atoms with Crippen molar-refractivity contribution in [3.8, 4) is 40.4 Å². The summed E-state index contributed by atoms with van der Waals surface area (Å²) in [6.07, 6.45) is 1.16. The van der Waals surface area contributed by atoms with E-state index in [1.807, 2.05) is 4.98 Å². The first kappa shape index (κ1) is 22.6. The van der Waals surface area contributed by atoms with Crippen molar-refractivity contribution in [1.82, 2.24) is 24.1 Å². The number of aromatic hydroxyl groups is 6. The molecule has 182 valence electrons. The minimum Gasteiger partial charge on any atom is -0.503 e. The van der Waals surface area contributed by atoms with E-state index in [1.54, 1.807) is 0 Å². The van der Waals surface area contributed by atoms with Crippen LogP contribution in [-0.2, 0) is 0 Å². The van der Waals surface area contributed by atoms with Crippen molar-refractivity contribution in [3.05, 3.63) is 38.5 Å². The van der Waals surface area contributed by atoms with Crippen LogP contribution >= 0.6 is 0 Å². The van der Waals surface area contributed by atoms with Crippen LogP contribution in [0.25, 0.3) is 11.5 Å². The number of nitrogens with two attached hydrogens (primary N) is 1. The minimum atomic E-state index is -1.52. The van der Waals surface area contributed by atoms with Gasteiger partial charge in [-0.2, -0.15) is 9.61 Å². The SMILES string of the molecule is CNc1cc(Nc2c(O)c(O)c(=O)n(-c3[nH]c(=O)c(O)c(O)c3O)c2O)nc2c(C(N)=O)cnn12. The molecule has 0 aliphatic heterocycles.